The molecule has 31 heavy (non-hydrogen) atoms. The smallest absolute Gasteiger partial charge is 0.295 e. The van der Waals surface area contributed by atoms with Crippen LogP contribution >= 0.6 is 0 Å². The lowest BCUT2D eigenvalue weighted by Crippen LogP contribution is -2.32. The number of aliphatic hydroxyl groups is 1. The summed E-state index contributed by atoms with van der Waals surface area (Å²) in [5.74, 6) is -1.08. The van der Waals surface area contributed by atoms with Gasteiger partial charge in [0.15, 0.2) is 0 Å². The Morgan fingerprint density at radius 1 is 1.13 bits per heavy atom. The first-order valence-electron chi connectivity index (χ1n) is 10.3. The summed E-state index contributed by atoms with van der Waals surface area (Å²) in [5, 5.41) is 21.1. The van der Waals surface area contributed by atoms with Crippen molar-refractivity contribution in [3.05, 3.63) is 65.2 Å². The lowest BCUT2D eigenvalue weighted by molar-refractivity contribution is -0.139. The number of hydrogen-bond donors (Lipinski definition) is 2. The SMILES string of the molecule is CCOc1cccc(C(O)=C2C(=O)C(=O)N(CCCN(C)C)C2c2cccc(O)c2)c1. The first-order chi connectivity index (χ1) is 14.8. The molecule has 1 saturated heterocycles. The zero-order chi connectivity index (χ0) is 22.5. The molecular formula is C24H28N2O5. The quantitative estimate of drug-likeness (QED) is 0.384. The minimum Gasteiger partial charge on any atom is -0.508 e. The van der Waals surface area contributed by atoms with Gasteiger partial charge in [0.1, 0.15) is 17.3 Å². The molecule has 1 atom stereocenters. The van der Waals surface area contributed by atoms with Crippen LogP contribution in [-0.4, -0.2) is 65.5 Å². The van der Waals surface area contributed by atoms with Crippen molar-refractivity contribution in [3.8, 4) is 11.5 Å². The monoisotopic (exact) mass is 424 g/mol. The number of phenolic OH excluding ortho intramolecular Hbond substituents is 1. The highest BCUT2D eigenvalue weighted by Gasteiger charge is 2.45. The van der Waals surface area contributed by atoms with Crippen molar-refractivity contribution in [1.29, 1.82) is 0 Å². The summed E-state index contributed by atoms with van der Waals surface area (Å²) in [6, 6.07) is 12.4. The Morgan fingerprint density at radius 3 is 2.55 bits per heavy atom. The van der Waals surface area contributed by atoms with E-state index in [0.717, 1.165) is 6.54 Å². The van der Waals surface area contributed by atoms with Gasteiger partial charge >= 0.3 is 0 Å². The first kappa shape index (κ1) is 22.4. The minimum absolute atomic E-state index is 0.00843. The molecule has 164 valence electrons. The van der Waals surface area contributed by atoms with Crippen molar-refractivity contribution in [2.45, 2.75) is 19.4 Å². The number of ether oxygens (including phenoxy) is 1. The maximum Gasteiger partial charge on any atom is 0.295 e. The molecule has 0 aromatic heterocycles. The molecule has 3 rings (SSSR count). The Morgan fingerprint density at radius 2 is 1.87 bits per heavy atom. The fourth-order valence-electron chi connectivity index (χ4n) is 3.76. The number of carbonyl (C=O) groups is 2. The van der Waals surface area contributed by atoms with Crippen LogP contribution in [0.15, 0.2) is 54.1 Å². The van der Waals surface area contributed by atoms with E-state index >= 15 is 0 Å². The number of phenols is 1. The number of carbonyl (C=O) groups excluding carboxylic acids is 2. The molecule has 0 aliphatic carbocycles. The van der Waals surface area contributed by atoms with Gasteiger partial charge in [0, 0.05) is 12.1 Å². The molecule has 0 bridgehead atoms. The van der Waals surface area contributed by atoms with Crippen LogP contribution < -0.4 is 4.74 Å². The molecule has 0 saturated carbocycles. The second-order valence-corrected chi connectivity index (χ2v) is 7.71. The number of likely N-dealkylation sites (tertiary alicyclic amines) is 1. The third-order valence-electron chi connectivity index (χ3n) is 5.15. The Kier molecular flexibility index (Phi) is 6.97. The van der Waals surface area contributed by atoms with Gasteiger partial charge in [0.2, 0.25) is 0 Å². The summed E-state index contributed by atoms with van der Waals surface area (Å²) in [6.45, 7) is 3.41. The molecular weight excluding hydrogens is 396 g/mol. The zero-order valence-electron chi connectivity index (χ0n) is 18.0. The number of amides is 1. The standard InChI is InChI=1S/C24H28N2O5/c1-4-31-19-11-6-9-17(15-19)22(28)20-21(16-8-5-10-18(27)14-16)26(24(30)23(20)29)13-7-12-25(2)3/h5-6,8-11,14-15,21,27-28H,4,7,12-13H2,1-3H3. The van der Waals surface area contributed by atoms with Gasteiger partial charge in [-0.25, -0.2) is 0 Å². The summed E-state index contributed by atoms with van der Waals surface area (Å²) in [4.78, 5) is 29.4. The van der Waals surface area contributed by atoms with E-state index in [1.54, 1.807) is 36.4 Å². The van der Waals surface area contributed by atoms with Gasteiger partial charge in [-0.15, -0.1) is 0 Å². The number of hydrogen-bond acceptors (Lipinski definition) is 6. The normalized spacial score (nSPS) is 18.1. The third kappa shape index (κ3) is 4.88. The zero-order valence-corrected chi connectivity index (χ0v) is 18.0. The van der Waals surface area contributed by atoms with Gasteiger partial charge in [0.05, 0.1) is 18.2 Å². The number of benzene rings is 2. The fraction of sp³-hybridized carbons (Fsp3) is 0.333. The molecule has 2 aromatic rings. The summed E-state index contributed by atoms with van der Waals surface area (Å²) < 4.78 is 5.50. The lowest BCUT2D eigenvalue weighted by Gasteiger charge is -2.26. The van der Waals surface area contributed by atoms with Gasteiger partial charge in [-0.05, 0) is 63.8 Å². The molecule has 2 N–H and O–H groups in total. The van der Waals surface area contributed by atoms with Crippen LogP contribution in [0.4, 0.5) is 0 Å². The highest BCUT2D eigenvalue weighted by molar-refractivity contribution is 6.46. The molecule has 1 aliphatic rings. The highest BCUT2D eigenvalue weighted by atomic mass is 16.5. The Balaban J connectivity index is 2.09. The number of aromatic hydroxyl groups is 1. The van der Waals surface area contributed by atoms with Crippen LogP contribution in [0.2, 0.25) is 0 Å². The van der Waals surface area contributed by atoms with Crippen LogP contribution in [-0.2, 0) is 9.59 Å². The first-order valence-corrected chi connectivity index (χ1v) is 10.3. The topological polar surface area (TPSA) is 90.3 Å². The molecule has 1 heterocycles. The van der Waals surface area contributed by atoms with Crippen molar-refractivity contribution in [1.82, 2.24) is 9.80 Å². The number of Topliss-reactive ketones (excluding diaryl/α,β-unsaturated/α-hetero) is 1. The van der Waals surface area contributed by atoms with E-state index in [4.69, 9.17) is 4.74 Å². The number of ketones is 1. The summed E-state index contributed by atoms with van der Waals surface area (Å²) >= 11 is 0. The Labute approximate surface area is 182 Å². The third-order valence-corrected chi connectivity index (χ3v) is 5.15. The summed E-state index contributed by atoms with van der Waals surface area (Å²) in [7, 11) is 3.87. The average molecular weight is 424 g/mol. The maximum absolute atomic E-state index is 13.0. The molecule has 1 unspecified atom stereocenters. The lowest BCUT2D eigenvalue weighted by atomic mass is 9.95. The van der Waals surface area contributed by atoms with E-state index in [0.29, 0.717) is 36.4 Å². The fourth-order valence-corrected chi connectivity index (χ4v) is 3.76. The molecule has 1 aliphatic heterocycles. The van der Waals surface area contributed by atoms with Gasteiger partial charge in [0.25, 0.3) is 11.7 Å². The van der Waals surface area contributed by atoms with Crippen LogP contribution in [0.1, 0.15) is 30.5 Å². The van der Waals surface area contributed by atoms with Gasteiger partial charge in [-0.2, -0.15) is 0 Å². The minimum atomic E-state index is -0.787. The van der Waals surface area contributed by atoms with E-state index in [2.05, 4.69) is 0 Å². The summed E-state index contributed by atoms with van der Waals surface area (Å²) in [5.41, 5.74) is 0.961. The van der Waals surface area contributed by atoms with Crippen molar-refractivity contribution in [3.63, 3.8) is 0 Å². The average Bonchev–Trinajstić information content (AvgIpc) is 2.98. The van der Waals surface area contributed by atoms with Crippen LogP contribution in [0.3, 0.4) is 0 Å². The molecule has 1 amide bonds. The molecule has 0 radical (unpaired) electrons. The largest absolute Gasteiger partial charge is 0.508 e. The highest BCUT2D eigenvalue weighted by Crippen LogP contribution is 2.40. The van der Waals surface area contributed by atoms with Gasteiger partial charge in [-0.1, -0.05) is 24.3 Å². The van der Waals surface area contributed by atoms with Crippen LogP contribution in [0, 0.1) is 0 Å². The number of rotatable bonds is 8. The molecule has 0 spiro atoms. The van der Waals surface area contributed by atoms with Crippen molar-refractivity contribution >= 4 is 17.4 Å². The molecule has 7 nitrogen and oxygen atoms in total. The van der Waals surface area contributed by atoms with E-state index < -0.39 is 17.7 Å². The second kappa shape index (κ2) is 9.66. The van der Waals surface area contributed by atoms with E-state index in [1.165, 1.54) is 17.0 Å². The molecule has 7 heteroatoms. The van der Waals surface area contributed by atoms with Gasteiger partial charge < -0.3 is 24.7 Å². The van der Waals surface area contributed by atoms with Crippen molar-refractivity contribution in [2.24, 2.45) is 0 Å². The molecule has 2 aromatic carbocycles. The Bertz CT molecular complexity index is 999. The van der Waals surface area contributed by atoms with E-state index in [-0.39, 0.29) is 17.1 Å². The predicted molar refractivity (Wildman–Crippen MR) is 118 cm³/mol. The predicted octanol–water partition coefficient (Wildman–Crippen LogP) is 3.16. The van der Waals surface area contributed by atoms with Crippen molar-refractivity contribution in [2.75, 3.05) is 33.8 Å². The second-order valence-electron chi connectivity index (χ2n) is 7.71. The number of aliphatic hydroxyl groups excluding tert-OH is 1. The van der Waals surface area contributed by atoms with E-state index in [1.807, 2.05) is 25.9 Å². The van der Waals surface area contributed by atoms with Crippen LogP contribution in [0.25, 0.3) is 5.76 Å². The molecule has 1 fully saturated rings. The van der Waals surface area contributed by atoms with Crippen LogP contribution in [0.5, 0.6) is 11.5 Å². The summed E-state index contributed by atoms with van der Waals surface area (Å²) in [6.07, 6.45) is 0.662. The maximum atomic E-state index is 13.0. The number of nitrogens with zero attached hydrogens (tertiary/aromatic N) is 2. The van der Waals surface area contributed by atoms with Crippen molar-refractivity contribution < 1.29 is 24.5 Å². The van der Waals surface area contributed by atoms with Gasteiger partial charge in [-0.3, -0.25) is 9.59 Å². The van der Waals surface area contributed by atoms with E-state index in [9.17, 15) is 19.8 Å². The Hall–Kier alpha value is -3.32.